The molecule has 0 aliphatic carbocycles. The summed E-state index contributed by atoms with van der Waals surface area (Å²) in [4.78, 5) is 24.2. The maximum absolute atomic E-state index is 12.2. The standard InChI is InChI=1S/C17H27N3O3/c1-4-17(5-2,12-18)16(22)19-11-15(21)20-13-7-9-14(10-8-13)23-6-3/h7-10H,4-6,11-12,18H2,1-3H3,(H,19,22)(H,20,21). The van der Waals surface area contributed by atoms with Gasteiger partial charge in [0.1, 0.15) is 5.75 Å². The number of hydrogen-bond acceptors (Lipinski definition) is 4. The average molecular weight is 321 g/mol. The second kappa shape index (κ2) is 9.15. The molecule has 23 heavy (non-hydrogen) atoms. The van der Waals surface area contributed by atoms with Crippen LogP contribution in [0.2, 0.25) is 0 Å². The summed E-state index contributed by atoms with van der Waals surface area (Å²) in [6.45, 7) is 6.55. The maximum atomic E-state index is 12.2. The molecule has 0 aliphatic heterocycles. The van der Waals surface area contributed by atoms with Crippen LogP contribution in [0.5, 0.6) is 5.75 Å². The Morgan fingerprint density at radius 1 is 1.13 bits per heavy atom. The number of rotatable bonds is 9. The predicted molar refractivity (Wildman–Crippen MR) is 91.3 cm³/mol. The van der Waals surface area contributed by atoms with Gasteiger partial charge < -0.3 is 21.1 Å². The van der Waals surface area contributed by atoms with E-state index in [4.69, 9.17) is 10.5 Å². The Kier molecular flexibility index (Phi) is 7.54. The minimum absolute atomic E-state index is 0.0756. The smallest absolute Gasteiger partial charge is 0.243 e. The van der Waals surface area contributed by atoms with Gasteiger partial charge in [-0.25, -0.2) is 0 Å². The van der Waals surface area contributed by atoms with E-state index in [1.807, 2.05) is 20.8 Å². The van der Waals surface area contributed by atoms with Crippen molar-refractivity contribution in [2.75, 3.05) is 25.0 Å². The second-order valence-electron chi connectivity index (χ2n) is 5.38. The number of hydrogen-bond donors (Lipinski definition) is 3. The van der Waals surface area contributed by atoms with Crippen LogP contribution in [0.3, 0.4) is 0 Å². The van der Waals surface area contributed by atoms with Crippen LogP contribution in [-0.2, 0) is 9.59 Å². The van der Waals surface area contributed by atoms with Crippen LogP contribution in [0.25, 0.3) is 0 Å². The number of amides is 2. The Morgan fingerprint density at radius 3 is 2.22 bits per heavy atom. The fourth-order valence-corrected chi connectivity index (χ4v) is 2.31. The third-order valence-electron chi connectivity index (χ3n) is 4.08. The first-order valence-corrected chi connectivity index (χ1v) is 8.02. The van der Waals surface area contributed by atoms with Crippen molar-refractivity contribution in [1.82, 2.24) is 5.32 Å². The first kappa shape index (κ1) is 19.0. The van der Waals surface area contributed by atoms with Crippen LogP contribution < -0.4 is 21.1 Å². The van der Waals surface area contributed by atoms with Gasteiger partial charge in [0.2, 0.25) is 11.8 Å². The van der Waals surface area contributed by atoms with E-state index in [-0.39, 0.29) is 24.9 Å². The van der Waals surface area contributed by atoms with E-state index in [0.29, 0.717) is 25.1 Å². The van der Waals surface area contributed by atoms with Crippen molar-refractivity contribution >= 4 is 17.5 Å². The molecule has 1 aromatic rings. The number of anilines is 1. The molecule has 4 N–H and O–H groups in total. The lowest BCUT2D eigenvalue weighted by Crippen LogP contribution is -2.47. The van der Waals surface area contributed by atoms with Gasteiger partial charge >= 0.3 is 0 Å². The normalized spacial score (nSPS) is 11.0. The molecule has 0 atom stereocenters. The molecule has 1 aromatic carbocycles. The molecule has 1 rings (SSSR count). The molecule has 0 saturated heterocycles. The summed E-state index contributed by atoms with van der Waals surface area (Å²) >= 11 is 0. The van der Waals surface area contributed by atoms with E-state index in [1.54, 1.807) is 24.3 Å². The summed E-state index contributed by atoms with van der Waals surface area (Å²) < 4.78 is 5.34. The highest BCUT2D eigenvalue weighted by Crippen LogP contribution is 2.24. The van der Waals surface area contributed by atoms with Crippen LogP contribution in [0.15, 0.2) is 24.3 Å². The molecule has 0 saturated carbocycles. The van der Waals surface area contributed by atoms with Crippen LogP contribution >= 0.6 is 0 Å². The number of carbonyl (C=O) groups excluding carboxylic acids is 2. The Labute approximate surface area is 137 Å². The van der Waals surface area contributed by atoms with Crippen molar-refractivity contribution in [2.45, 2.75) is 33.6 Å². The molecule has 0 unspecified atom stereocenters. The van der Waals surface area contributed by atoms with Crippen LogP contribution in [-0.4, -0.2) is 31.5 Å². The molecule has 0 spiro atoms. The van der Waals surface area contributed by atoms with E-state index >= 15 is 0 Å². The van der Waals surface area contributed by atoms with E-state index < -0.39 is 5.41 Å². The molecular formula is C17H27N3O3. The molecular weight excluding hydrogens is 294 g/mol. The Hall–Kier alpha value is -2.08. The van der Waals surface area contributed by atoms with Gasteiger partial charge in [0.15, 0.2) is 0 Å². The molecule has 128 valence electrons. The van der Waals surface area contributed by atoms with Gasteiger partial charge in [0.25, 0.3) is 0 Å². The lowest BCUT2D eigenvalue weighted by atomic mass is 9.81. The van der Waals surface area contributed by atoms with Crippen molar-refractivity contribution in [3.8, 4) is 5.75 Å². The summed E-state index contributed by atoms with van der Waals surface area (Å²) in [5.74, 6) is 0.296. The fraction of sp³-hybridized carbons (Fsp3) is 0.529. The highest BCUT2D eigenvalue weighted by Gasteiger charge is 2.33. The zero-order chi connectivity index (χ0) is 17.3. The van der Waals surface area contributed by atoms with Gasteiger partial charge in [0.05, 0.1) is 18.6 Å². The van der Waals surface area contributed by atoms with Crippen molar-refractivity contribution < 1.29 is 14.3 Å². The van der Waals surface area contributed by atoms with Gasteiger partial charge in [0, 0.05) is 12.2 Å². The Morgan fingerprint density at radius 2 is 1.74 bits per heavy atom. The number of carbonyl (C=O) groups is 2. The third-order valence-corrected chi connectivity index (χ3v) is 4.08. The van der Waals surface area contributed by atoms with Gasteiger partial charge in [-0.05, 0) is 44.0 Å². The van der Waals surface area contributed by atoms with Crippen LogP contribution in [0.1, 0.15) is 33.6 Å². The molecule has 0 aromatic heterocycles. The van der Waals surface area contributed by atoms with E-state index in [0.717, 1.165) is 5.75 Å². The Bertz CT molecular complexity index is 502. The number of nitrogens with two attached hydrogens (primary N) is 1. The first-order chi connectivity index (χ1) is 11.0. The Balaban J connectivity index is 2.52. The van der Waals surface area contributed by atoms with Gasteiger partial charge in [-0.3, -0.25) is 9.59 Å². The average Bonchev–Trinajstić information content (AvgIpc) is 2.57. The molecule has 0 fully saturated rings. The summed E-state index contributed by atoms with van der Waals surface area (Å²) in [7, 11) is 0. The zero-order valence-electron chi connectivity index (χ0n) is 14.1. The molecule has 2 amide bonds. The maximum Gasteiger partial charge on any atom is 0.243 e. The van der Waals surface area contributed by atoms with E-state index in [2.05, 4.69) is 10.6 Å². The number of nitrogens with one attached hydrogen (secondary N) is 2. The summed E-state index contributed by atoms with van der Waals surface area (Å²) in [6.07, 6.45) is 1.29. The molecule has 0 bridgehead atoms. The van der Waals surface area contributed by atoms with E-state index in [9.17, 15) is 9.59 Å². The third kappa shape index (κ3) is 5.25. The van der Waals surface area contributed by atoms with Crippen molar-refractivity contribution in [1.29, 1.82) is 0 Å². The second-order valence-corrected chi connectivity index (χ2v) is 5.38. The lowest BCUT2D eigenvalue weighted by molar-refractivity contribution is -0.132. The van der Waals surface area contributed by atoms with E-state index in [1.165, 1.54) is 0 Å². The van der Waals surface area contributed by atoms with Crippen LogP contribution in [0, 0.1) is 5.41 Å². The predicted octanol–water partition coefficient (Wildman–Crippen LogP) is 1.91. The summed E-state index contributed by atoms with van der Waals surface area (Å²) in [5.41, 5.74) is 5.78. The van der Waals surface area contributed by atoms with Gasteiger partial charge in [-0.1, -0.05) is 13.8 Å². The van der Waals surface area contributed by atoms with Crippen LogP contribution in [0.4, 0.5) is 5.69 Å². The molecule has 0 radical (unpaired) electrons. The molecule has 0 aliphatic rings. The minimum atomic E-state index is -0.598. The zero-order valence-corrected chi connectivity index (χ0v) is 14.1. The lowest BCUT2D eigenvalue weighted by Gasteiger charge is -2.28. The quantitative estimate of drug-likeness (QED) is 0.647. The largest absolute Gasteiger partial charge is 0.494 e. The highest BCUT2D eigenvalue weighted by molar-refractivity contribution is 5.95. The van der Waals surface area contributed by atoms with Gasteiger partial charge in [-0.2, -0.15) is 0 Å². The molecule has 0 heterocycles. The SMILES string of the molecule is CCOc1ccc(NC(=O)CNC(=O)C(CC)(CC)CN)cc1. The summed E-state index contributed by atoms with van der Waals surface area (Å²) in [6, 6.07) is 7.08. The fourth-order valence-electron chi connectivity index (χ4n) is 2.31. The first-order valence-electron chi connectivity index (χ1n) is 8.02. The number of ether oxygens (including phenoxy) is 1. The van der Waals surface area contributed by atoms with Crippen molar-refractivity contribution in [3.63, 3.8) is 0 Å². The number of benzene rings is 1. The van der Waals surface area contributed by atoms with Crippen molar-refractivity contribution in [2.24, 2.45) is 11.1 Å². The van der Waals surface area contributed by atoms with Crippen molar-refractivity contribution in [3.05, 3.63) is 24.3 Å². The topological polar surface area (TPSA) is 93.5 Å². The molecule has 6 heteroatoms. The highest BCUT2D eigenvalue weighted by atomic mass is 16.5. The monoisotopic (exact) mass is 321 g/mol. The summed E-state index contributed by atoms with van der Waals surface area (Å²) in [5, 5.41) is 5.40. The molecule has 6 nitrogen and oxygen atoms in total. The van der Waals surface area contributed by atoms with Gasteiger partial charge in [-0.15, -0.1) is 0 Å². The minimum Gasteiger partial charge on any atom is -0.494 e.